The standard InChI is InChI=1S/C14H28N2O/c1-3-14(2,11-17)10-15-12-6-8-16-7-4-5-13(16)9-12/h12-13,15,17H,3-11H2,1-2H3. The van der Waals surface area contributed by atoms with Gasteiger partial charge < -0.3 is 15.3 Å². The largest absolute Gasteiger partial charge is 0.396 e. The van der Waals surface area contributed by atoms with Crippen LogP contribution in [0.15, 0.2) is 0 Å². The third-order valence-corrected chi connectivity index (χ3v) is 4.87. The van der Waals surface area contributed by atoms with Gasteiger partial charge >= 0.3 is 0 Å². The topological polar surface area (TPSA) is 35.5 Å². The third-order valence-electron chi connectivity index (χ3n) is 4.87. The second-order valence-corrected chi connectivity index (χ2v) is 6.26. The lowest BCUT2D eigenvalue weighted by Crippen LogP contribution is -2.48. The SMILES string of the molecule is CCC(C)(CO)CNC1CCN2CCCC2C1. The molecular weight excluding hydrogens is 212 g/mol. The van der Waals surface area contributed by atoms with Crippen molar-refractivity contribution in [3.63, 3.8) is 0 Å². The normalized spacial score (nSPS) is 33.4. The van der Waals surface area contributed by atoms with Gasteiger partial charge in [-0.05, 0) is 45.2 Å². The van der Waals surface area contributed by atoms with Crippen LogP contribution in [0.25, 0.3) is 0 Å². The van der Waals surface area contributed by atoms with E-state index in [4.69, 9.17) is 0 Å². The molecule has 2 fully saturated rings. The summed E-state index contributed by atoms with van der Waals surface area (Å²) in [5.74, 6) is 0. The highest BCUT2D eigenvalue weighted by Crippen LogP contribution is 2.27. The van der Waals surface area contributed by atoms with E-state index in [1.54, 1.807) is 0 Å². The van der Waals surface area contributed by atoms with Crippen LogP contribution in [-0.2, 0) is 0 Å². The maximum absolute atomic E-state index is 9.42. The van der Waals surface area contributed by atoms with E-state index < -0.39 is 0 Å². The molecule has 0 aromatic heterocycles. The van der Waals surface area contributed by atoms with Crippen molar-refractivity contribution in [2.45, 2.75) is 58.0 Å². The number of fused-ring (bicyclic) bond motifs is 1. The molecule has 3 atom stereocenters. The van der Waals surface area contributed by atoms with Gasteiger partial charge in [-0.25, -0.2) is 0 Å². The Balaban J connectivity index is 1.76. The number of aliphatic hydroxyl groups is 1. The van der Waals surface area contributed by atoms with Gasteiger partial charge in [0.25, 0.3) is 0 Å². The molecular formula is C14H28N2O. The average molecular weight is 240 g/mol. The second-order valence-electron chi connectivity index (χ2n) is 6.26. The number of rotatable bonds is 5. The summed E-state index contributed by atoms with van der Waals surface area (Å²) in [6.45, 7) is 8.17. The lowest BCUT2D eigenvalue weighted by atomic mass is 9.87. The predicted octanol–water partition coefficient (Wildman–Crippen LogP) is 1.61. The van der Waals surface area contributed by atoms with E-state index in [9.17, 15) is 5.11 Å². The van der Waals surface area contributed by atoms with E-state index in [2.05, 4.69) is 24.1 Å². The Bertz CT molecular complexity index is 240. The summed E-state index contributed by atoms with van der Waals surface area (Å²) in [6, 6.07) is 1.51. The Morgan fingerprint density at radius 1 is 1.35 bits per heavy atom. The molecule has 3 unspecified atom stereocenters. The van der Waals surface area contributed by atoms with Crippen molar-refractivity contribution in [2.75, 3.05) is 26.2 Å². The lowest BCUT2D eigenvalue weighted by molar-refractivity contribution is 0.116. The minimum Gasteiger partial charge on any atom is -0.396 e. The first-order chi connectivity index (χ1) is 8.17. The van der Waals surface area contributed by atoms with Gasteiger partial charge in [-0.15, -0.1) is 0 Å². The van der Waals surface area contributed by atoms with Crippen molar-refractivity contribution >= 4 is 0 Å². The van der Waals surface area contributed by atoms with Gasteiger partial charge in [-0.2, -0.15) is 0 Å². The highest BCUT2D eigenvalue weighted by molar-refractivity contribution is 4.90. The summed E-state index contributed by atoms with van der Waals surface area (Å²) in [4.78, 5) is 2.66. The van der Waals surface area contributed by atoms with E-state index >= 15 is 0 Å². The summed E-state index contributed by atoms with van der Waals surface area (Å²) in [5, 5.41) is 13.1. The van der Waals surface area contributed by atoms with Crippen LogP contribution in [0.3, 0.4) is 0 Å². The van der Waals surface area contributed by atoms with Crippen LogP contribution in [0.5, 0.6) is 0 Å². The molecule has 0 aliphatic carbocycles. The Morgan fingerprint density at radius 2 is 2.18 bits per heavy atom. The Labute approximate surface area is 106 Å². The zero-order valence-electron chi connectivity index (χ0n) is 11.4. The van der Waals surface area contributed by atoms with Crippen molar-refractivity contribution < 1.29 is 5.11 Å². The lowest BCUT2D eigenvalue weighted by Gasteiger charge is -2.37. The van der Waals surface area contributed by atoms with E-state index in [1.165, 1.54) is 38.8 Å². The van der Waals surface area contributed by atoms with Crippen LogP contribution in [-0.4, -0.2) is 48.3 Å². The fourth-order valence-corrected chi connectivity index (χ4v) is 3.09. The summed E-state index contributed by atoms with van der Waals surface area (Å²) in [5.41, 5.74) is 0.0623. The molecule has 2 rings (SSSR count). The maximum atomic E-state index is 9.42. The second kappa shape index (κ2) is 5.68. The molecule has 0 aromatic carbocycles. The third kappa shape index (κ3) is 3.21. The van der Waals surface area contributed by atoms with E-state index in [-0.39, 0.29) is 5.41 Å². The van der Waals surface area contributed by atoms with Crippen LogP contribution >= 0.6 is 0 Å². The molecule has 0 amide bonds. The van der Waals surface area contributed by atoms with Crippen LogP contribution < -0.4 is 5.32 Å². The van der Waals surface area contributed by atoms with Gasteiger partial charge in [0.1, 0.15) is 0 Å². The van der Waals surface area contributed by atoms with E-state index in [0.29, 0.717) is 12.6 Å². The minimum absolute atomic E-state index is 0.0623. The average Bonchev–Trinajstić information content (AvgIpc) is 2.83. The smallest absolute Gasteiger partial charge is 0.0496 e. The van der Waals surface area contributed by atoms with Crippen molar-refractivity contribution in [3.05, 3.63) is 0 Å². The van der Waals surface area contributed by atoms with Gasteiger partial charge in [0.15, 0.2) is 0 Å². The maximum Gasteiger partial charge on any atom is 0.0496 e. The van der Waals surface area contributed by atoms with Gasteiger partial charge in [0.05, 0.1) is 0 Å². The zero-order valence-corrected chi connectivity index (χ0v) is 11.4. The molecule has 0 spiro atoms. The number of nitrogens with zero attached hydrogens (tertiary/aromatic N) is 1. The Morgan fingerprint density at radius 3 is 2.88 bits per heavy atom. The van der Waals surface area contributed by atoms with Crippen LogP contribution in [0, 0.1) is 5.41 Å². The molecule has 100 valence electrons. The van der Waals surface area contributed by atoms with E-state index in [0.717, 1.165) is 19.0 Å². The molecule has 2 saturated heterocycles. The van der Waals surface area contributed by atoms with Gasteiger partial charge in [0.2, 0.25) is 0 Å². The molecule has 2 N–H and O–H groups in total. The predicted molar refractivity (Wildman–Crippen MR) is 71.1 cm³/mol. The van der Waals surface area contributed by atoms with Crippen molar-refractivity contribution in [2.24, 2.45) is 5.41 Å². The first kappa shape index (κ1) is 13.3. The van der Waals surface area contributed by atoms with Crippen LogP contribution in [0.2, 0.25) is 0 Å². The number of nitrogens with one attached hydrogen (secondary N) is 1. The van der Waals surface area contributed by atoms with E-state index in [1.807, 2.05) is 0 Å². The molecule has 2 aliphatic heterocycles. The summed E-state index contributed by atoms with van der Waals surface area (Å²) in [6.07, 6.45) is 6.41. The number of aliphatic hydroxyl groups excluding tert-OH is 1. The molecule has 0 bridgehead atoms. The number of piperidine rings is 1. The van der Waals surface area contributed by atoms with Crippen molar-refractivity contribution in [3.8, 4) is 0 Å². The Kier molecular flexibility index (Phi) is 4.45. The molecule has 0 aromatic rings. The first-order valence-electron chi connectivity index (χ1n) is 7.25. The number of hydrogen-bond donors (Lipinski definition) is 2. The minimum atomic E-state index is 0.0623. The molecule has 0 saturated carbocycles. The highest BCUT2D eigenvalue weighted by atomic mass is 16.3. The Hall–Kier alpha value is -0.120. The number of hydrogen-bond acceptors (Lipinski definition) is 3. The van der Waals surface area contributed by atoms with Gasteiger partial charge in [-0.3, -0.25) is 0 Å². The molecule has 0 radical (unpaired) electrons. The summed E-state index contributed by atoms with van der Waals surface area (Å²) in [7, 11) is 0. The fraction of sp³-hybridized carbons (Fsp3) is 1.00. The quantitative estimate of drug-likeness (QED) is 0.766. The van der Waals surface area contributed by atoms with Gasteiger partial charge in [0, 0.05) is 30.7 Å². The molecule has 3 heteroatoms. The highest BCUT2D eigenvalue weighted by Gasteiger charge is 2.32. The fourth-order valence-electron chi connectivity index (χ4n) is 3.09. The molecule has 2 heterocycles. The van der Waals surface area contributed by atoms with Crippen molar-refractivity contribution in [1.29, 1.82) is 0 Å². The monoisotopic (exact) mass is 240 g/mol. The molecule has 3 nitrogen and oxygen atoms in total. The van der Waals surface area contributed by atoms with Crippen LogP contribution in [0.4, 0.5) is 0 Å². The summed E-state index contributed by atoms with van der Waals surface area (Å²) >= 11 is 0. The van der Waals surface area contributed by atoms with Crippen molar-refractivity contribution in [1.82, 2.24) is 10.2 Å². The zero-order chi connectivity index (χ0) is 12.3. The molecule has 17 heavy (non-hydrogen) atoms. The van der Waals surface area contributed by atoms with Crippen LogP contribution in [0.1, 0.15) is 46.0 Å². The van der Waals surface area contributed by atoms with Gasteiger partial charge in [-0.1, -0.05) is 13.8 Å². The molecule has 2 aliphatic rings. The first-order valence-corrected chi connectivity index (χ1v) is 7.25. The summed E-state index contributed by atoms with van der Waals surface area (Å²) < 4.78 is 0.